The maximum atomic E-state index is 11.8. The Morgan fingerprint density at radius 2 is 2.03 bits per heavy atom. The lowest BCUT2D eigenvalue weighted by Gasteiger charge is -2.17. The first-order chi connectivity index (χ1) is 14.4. The van der Waals surface area contributed by atoms with Gasteiger partial charge in [0.15, 0.2) is 11.7 Å². The number of imidazole rings is 1. The van der Waals surface area contributed by atoms with Gasteiger partial charge in [-0.05, 0) is 19.9 Å². The molecule has 4 unspecified atom stereocenters. The van der Waals surface area contributed by atoms with E-state index in [9.17, 15) is 24.4 Å². The Bertz CT molecular complexity index is 1000. The number of hydrogen-bond acceptors (Lipinski definition) is 10. The van der Waals surface area contributed by atoms with Crippen LogP contribution in [-0.4, -0.2) is 71.8 Å². The van der Waals surface area contributed by atoms with Crippen molar-refractivity contribution in [2.24, 2.45) is 5.73 Å². The maximum absolute atomic E-state index is 11.8. The van der Waals surface area contributed by atoms with Gasteiger partial charge in [-0.15, -0.1) is 0 Å². The molecule has 0 spiro atoms. The summed E-state index contributed by atoms with van der Waals surface area (Å²) in [5.41, 5.74) is 10.5. The van der Waals surface area contributed by atoms with Crippen molar-refractivity contribution in [1.29, 1.82) is 0 Å². The van der Waals surface area contributed by atoms with E-state index in [-0.39, 0.29) is 30.1 Å². The summed E-state index contributed by atoms with van der Waals surface area (Å²) in [7, 11) is -4.75. The number of rotatable bonds is 7. The van der Waals surface area contributed by atoms with Crippen LogP contribution >= 0.6 is 7.82 Å². The van der Waals surface area contributed by atoms with Gasteiger partial charge in [0.2, 0.25) is 0 Å². The lowest BCUT2D eigenvalue weighted by Crippen LogP contribution is -2.33. The molecule has 182 valence electrons. The zero-order chi connectivity index (χ0) is 23.3. The third-order valence-corrected chi connectivity index (χ3v) is 4.83. The number of phosphoric acid groups is 1. The summed E-state index contributed by atoms with van der Waals surface area (Å²) in [5, 5.41) is 20.1. The van der Waals surface area contributed by atoms with Crippen molar-refractivity contribution in [3.05, 3.63) is 22.7 Å². The number of aromatic amines is 1. The van der Waals surface area contributed by atoms with Crippen LogP contribution in [-0.2, 0) is 18.6 Å². The molecule has 2 aromatic heterocycles. The van der Waals surface area contributed by atoms with Gasteiger partial charge in [0.05, 0.1) is 18.5 Å². The van der Waals surface area contributed by atoms with Crippen molar-refractivity contribution in [1.82, 2.24) is 14.5 Å². The van der Waals surface area contributed by atoms with E-state index in [0.29, 0.717) is 13.0 Å². The molecule has 1 aliphatic heterocycles. The highest BCUT2D eigenvalue weighted by molar-refractivity contribution is 7.46. The molecule has 1 aliphatic rings. The van der Waals surface area contributed by atoms with E-state index in [1.165, 1.54) is 17.0 Å². The number of hydrogen-bond donors (Lipinski definition) is 7. The van der Waals surface area contributed by atoms with E-state index in [1.807, 2.05) is 0 Å². The average molecular weight is 479 g/mol. The second-order valence-corrected chi connectivity index (χ2v) is 8.11. The number of anilines is 1. The largest absolute Gasteiger partial charge is 0.469 e. The van der Waals surface area contributed by atoms with E-state index in [2.05, 4.69) is 14.5 Å². The number of aromatic nitrogens is 3. The molecular formula is C17H30N5O9P. The fraction of sp³-hybridized carbons (Fsp3) is 0.588. The highest BCUT2D eigenvalue weighted by Crippen LogP contribution is 2.38. The van der Waals surface area contributed by atoms with Crippen LogP contribution in [0.4, 0.5) is 5.82 Å². The van der Waals surface area contributed by atoms with Crippen LogP contribution in [0.15, 0.2) is 17.2 Å². The van der Waals surface area contributed by atoms with E-state index in [4.69, 9.17) is 26.0 Å². The summed E-state index contributed by atoms with van der Waals surface area (Å²) in [4.78, 5) is 45.6. The number of ether oxygens (including phenoxy) is 1. The molecule has 14 nitrogen and oxygen atoms in total. The number of H-pyrrole nitrogens is 1. The van der Waals surface area contributed by atoms with Crippen molar-refractivity contribution < 1.29 is 38.6 Å². The summed E-state index contributed by atoms with van der Waals surface area (Å²) in [6, 6.07) is 1.41. The SMILES string of the molecule is C.CC(=O)CCCN.Nc1cc2c(ncn2C2OC(COP(=O)(O)O)C(O)C2O)c(=O)[nH]1. The Morgan fingerprint density at radius 1 is 1.38 bits per heavy atom. The van der Waals surface area contributed by atoms with Crippen LogP contribution in [0, 0.1) is 0 Å². The molecule has 0 amide bonds. The molecule has 0 radical (unpaired) electrons. The molecule has 0 saturated carbocycles. The Morgan fingerprint density at radius 3 is 2.56 bits per heavy atom. The summed E-state index contributed by atoms with van der Waals surface area (Å²) in [5.74, 6) is 0.300. The zero-order valence-corrected chi connectivity index (χ0v) is 17.5. The van der Waals surface area contributed by atoms with Gasteiger partial charge in [0.1, 0.15) is 29.9 Å². The third-order valence-electron chi connectivity index (χ3n) is 4.35. The molecule has 1 fully saturated rings. The van der Waals surface area contributed by atoms with E-state index in [0.717, 1.165) is 6.42 Å². The Kier molecular flexibility index (Phi) is 10.1. The summed E-state index contributed by atoms with van der Waals surface area (Å²) >= 11 is 0. The van der Waals surface area contributed by atoms with Crippen LogP contribution in [0.1, 0.15) is 33.4 Å². The summed E-state index contributed by atoms with van der Waals surface area (Å²) < 4.78 is 21.7. The van der Waals surface area contributed by atoms with Gasteiger partial charge in [-0.1, -0.05) is 7.43 Å². The Hall–Kier alpha value is -2.16. The summed E-state index contributed by atoms with van der Waals surface area (Å²) in [6.07, 6.45) is -2.53. The normalized spacial score (nSPS) is 22.8. The number of aliphatic hydroxyl groups excluding tert-OH is 2. The molecule has 3 heterocycles. The molecule has 9 N–H and O–H groups in total. The van der Waals surface area contributed by atoms with Gasteiger partial charge in [-0.25, -0.2) is 9.55 Å². The number of pyridine rings is 1. The number of nitrogens with two attached hydrogens (primary N) is 2. The molecule has 0 bridgehead atoms. The van der Waals surface area contributed by atoms with Crippen LogP contribution in [0.5, 0.6) is 0 Å². The molecule has 0 aromatic carbocycles. The number of fused-ring (bicyclic) bond motifs is 1. The first kappa shape index (κ1) is 27.9. The highest BCUT2D eigenvalue weighted by atomic mass is 31.2. The molecule has 4 atom stereocenters. The standard InChI is InChI=1S/C11H15N4O8P.C5H11NO.CH4/c12-6-1-4-7(10(18)14-6)13-3-15(4)11-9(17)8(16)5(23-11)2-22-24(19,20)21;1-5(7)3-2-4-6;/h1,3,5,8-9,11,16-17H,2H2,(H3,12,14,18)(H2,19,20,21);2-4,6H2,1H3;1H4. The fourth-order valence-corrected chi connectivity index (χ4v) is 3.22. The van der Waals surface area contributed by atoms with Gasteiger partial charge < -0.3 is 50.5 Å². The zero-order valence-electron chi connectivity index (χ0n) is 16.6. The van der Waals surface area contributed by atoms with Crippen molar-refractivity contribution >= 4 is 30.5 Å². The first-order valence-electron chi connectivity index (χ1n) is 9.21. The molecule has 3 rings (SSSR count). The van der Waals surface area contributed by atoms with Crippen LogP contribution in [0.3, 0.4) is 0 Å². The number of nitrogens with one attached hydrogen (secondary N) is 1. The lowest BCUT2D eigenvalue weighted by atomic mass is 10.1. The predicted octanol–water partition coefficient (Wildman–Crippen LogP) is -1.01. The smallest absolute Gasteiger partial charge is 0.387 e. The second kappa shape index (κ2) is 11.6. The van der Waals surface area contributed by atoms with Crippen molar-refractivity contribution in [3.8, 4) is 0 Å². The number of carbonyl (C=O) groups excluding carboxylic acids is 1. The predicted molar refractivity (Wildman–Crippen MR) is 114 cm³/mol. The Balaban J connectivity index is 0.000000558. The van der Waals surface area contributed by atoms with Gasteiger partial charge in [0, 0.05) is 12.5 Å². The number of ketones is 1. The van der Waals surface area contributed by atoms with Crippen molar-refractivity contribution in [3.63, 3.8) is 0 Å². The van der Waals surface area contributed by atoms with Crippen molar-refractivity contribution in [2.75, 3.05) is 18.9 Å². The highest BCUT2D eigenvalue weighted by Gasteiger charge is 2.45. The van der Waals surface area contributed by atoms with Crippen LogP contribution in [0.25, 0.3) is 11.0 Å². The van der Waals surface area contributed by atoms with E-state index < -0.39 is 44.5 Å². The molecule has 32 heavy (non-hydrogen) atoms. The average Bonchev–Trinajstić information content (AvgIpc) is 3.20. The minimum Gasteiger partial charge on any atom is -0.387 e. The van der Waals surface area contributed by atoms with Gasteiger partial charge in [-0.3, -0.25) is 9.32 Å². The monoisotopic (exact) mass is 479 g/mol. The third kappa shape index (κ3) is 7.18. The first-order valence-corrected chi connectivity index (χ1v) is 10.7. The molecule has 15 heteroatoms. The fourth-order valence-electron chi connectivity index (χ4n) is 2.88. The minimum absolute atomic E-state index is 0. The van der Waals surface area contributed by atoms with Gasteiger partial charge in [-0.2, -0.15) is 0 Å². The maximum Gasteiger partial charge on any atom is 0.469 e. The minimum atomic E-state index is -4.75. The number of Topliss-reactive ketones (excluding diaryl/α,β-unsaturated/α-hetero) is 1. The molecular weight excluding hydrogens is 449 g/mol. The van der Waals surface area contributed by atoms with Crippen LogP contribution in [0.2, 0.25) is 0 Å². The molecule has 0 aliphatic carbocycles. The second-order valence-electron chi connectivity index (χ2n) is 6.87. The Labute approximate surface area is 183 Å². The number of aliphatic hydroxyl groups is 2. The molecule has 1 saturated heterocycles. The quantitative estimate of drug-likeness (QED) is 0.236. The van der Waals surface area contributed by atoms with E-state index in [1.54, 1.807) is 6.92 Å². The lowest BCUT2D eigenvalue weighted by molar-refractivity contribution is -0.117. The van der Waals surface area contributed by atoms with Gasteiger partial charge >= 0.3 is 7.82 Å². The summed E-state index contributed by atoms with van der Waals surface area (Å²) in [6.45, 7) is 1.57. The number of nitrogen functional groups attached to an aromatic ring is 1. The van der Waals surface area contributed by atoms with Crippen molar-refractivity contribution in [2.45, 2.75) is 51.7 Å². The number of carbonyl (C=O) groups is 1. The number of phosphoric ester groups is 1. The number of nitrogens with zero attached hydrogens (tertiary/aromatic N) is 2. The van der Waals surface area contributed by atoms with E-state index >= 15 is 0 Å². The van der Waals surface area contributed by atoms with Crippen LogP contribution < -0.4 is 17.0 Å². The topological polar surface area (TPSA) is 236 Å². The molecule has 2 aromatic rings. The van der Waals surface area contributed by atoms with Gasteiger partial charge in [0.25, 0.3) is 5.56 Å².